The summed E-state index contributed by atoms with van der Waals surface area (Å²) in [7, 11) is 1.33. The lowest BCUT2D eigenvalue weighted by molar-refractivity contribution is -0.162. The topological polar surface area (TPSA) is 72.9 Å². The number of hydrogen-bond donors (Lipinski definition) is 0. The SMILES string of the molecule is COC(=O)[C@@H]1C[C@H](C)CN1C(=O)[C@@H](CC(=O)OC(C)(C)C)C(C)(C)C. The number of nitrogens with zero attached hydrogens (tertiary/aromatic N) is 1. The van der Waals surface area contributed by atoms with E-state index >= 15 is 0 Å². The highest BCUT2D eigenvalue weighted by Gasteiger charge is 2.44. The number of rotatable bonds is 4. The maximum absolute atomic E-state index is 13.2. The molecule has 0 aromatic rings. The van der Waals surface area contributed by atoms with Gasteiger partial charge in [0.05, 0.1) is 19.4 Å². The quantitative estimate of drug-likeness (QED) is 0.725. The lowest BCUT2D eigenvalue weighted by atomic mass is 9.77. The van der Waals surface area contributed by atoms with Crippen LogP contribution in [0.25, 0.3) is 0 Å². The van der Waals surface area contributed by atoms with Gasteiger partial charge in [-0.05, 0) is 38.5 Å². The predicted molar refractivity (Wildman–Crippen MR) is 94.7 cm³/mol. The van der Waals surface area contributed by atoms with E-state index < -0.39 is 34.9 Å². The Morgan fingerprint density at radius 3 is 2.12 bits per heavy atom. The molecule has 0 unspecified atom stereocenters. The molecule has 0 spiro atoms. The molecule has 0 saturated carbocycles. The molecular formula is C19H33NO5. The molecule has 1 amide bonds. The Kier molecular flexibility index (Phi) is 6.65. The molecule has 0 bridgehead atoms. The van der Waals surface area contributed by atoms with E-state index in [9.17, 15) is 14.4 Å². The van der Waals surface area contributed by atoms with E-state index in [0.717, 1.165) is 0 Å². The molecule has 0 radical (unpaired) electrons. The van der Waals surface area contributed by atoms with Crippen molar-refractivity contribution in [1.82, 2.24) is 4.90 Å². The molecular weight excluding hydrogens is 322 g/mol. The summed E-state index contributed by atoms with van der Waals surface area (Å²) in [6.07, 6.45) is 0.583. The molecule has 3 atom stereocenters. The van der Waals surface area contributed by atoms with E-state index in [0.29, 0.717) is 13.0 Å². The number of carbonyl (C=O) groups excluding carboxylic acids is 3. The number of ether oxygens (including phenoxy) is 2. The third-order valence-corrected chi connectivity index (χ3v) is 4.40. The largest absolute Gasteiger partial charge is 0.467 e. The van der Waals surface area contributed by atoms with Crippen LogP contribution in [-0.4, -0.2) is 48.0 Å². The Bertz CT molecular complexity index is 515. The summed E-state index contributed by atoms with van der Waals surface area (Å²) in [6.45, 7) is 13.7. The van der Waals surface area contributed by atoms with Crippen LogP contribution in [0.1, 0.15) is 61.3 Å². The Morgan fingerprint density at radius 2 is 1.68 bits per heavy atom. The van der Waals surface area contributed by atoms with Gasteiger partial charge in [-0.1, -0.05) is 27.7 Å². The van der Waals surface area contributed by atoms with Crippen molar-refractivity contribution in [3.63, 3.8) is 0 Å². The van der Waals surface area contributed by atoms with E-state index in [1.165, 1.54) is 7.11 Å². The summed E-state index contributed by atoms with van der Waals surface area (Å²) in [5.74, 6) is -1.32. The highest BCUT2D eigenvalue weighted by Crippen LogP contribution is 2.35. The average Bonchev–Trinajstić information content (AvgIpc) is 2.82. The highest BCUT2D eigenvalue weighted by atomic mass is 16.6. The van der Waals surface area contributed by atoms with Gasteiger partial charge in [0.1, 0.15) is 11.6 Å². The molecule has 0 aliphatic carbocycles. The smallest absolute Gasteiger partial charge is 0.328 e. The summed E-state index contributed by atoms with van der Waals surface area (Å²) < 4.78 is 10.2. The molecule has 0 N–H and O–H groups in total. The molecule has 0 aromatic carbocycles. The van der Waals surface area contributed by atoms with Crippen molar-refractivity contribution < 1.29 is 23.9 Å². The van der Waals surface area contributed by atoms with E-state index in [1.807, 2.05) is 27.7 Å². The number of hydrogen-bond acceptors (Lipinski definition) is 5. The number of esters is 2. The Morgan fingerprint density at radius 1 is 1.12 bits per heavy atom. The third kappa shape index (κ3) is 6.01. The van der Waals surface area contributed by atoms with Crippen LogP contribution >= 0.6 is 0 Å². The van der Waals surface area contributed by atoms with Crippen LogP contribution in [0.3, 0.4) is 0 Å². The van der Waals surface area contributed by atoms with Gasteiger partial charge < -0.3 is 14.4 Å². The van der Waals surface area contributed by atoms with Crippen molar-refractivity contribution in [2.24, 2.45) is 17.3 Å². The molecule has 1 aliphatic heterocycles. The van der Waals surface area contributed by atoms with Gasteiger partial charge in [0, 0.05) is 6.54 Å². The fourth-order valence-corrected chi connectivity index (χ4v) is 3.16. The van der Waals surface area contributed by atoms with Crippen LogP contribution < -0.4 is 0 Å². The van der Waals surface area contributed by atoms with Crippen molar-refractivity contribution in [3.05, 3.63) is 0 Å². The van der Waals surface area contributed by atoms with Gasteiger partial charge in [0.2, 0.25) is 5.91 Å². The summed E-state index contributed by atoms with van der Waals surface area (Å²) in [5.41, 5.74) is -1.03. The van der Waals surface area contributed by atoms with Gasteiger partial charge in [-0.2, -0.15) is 0 Å². The second-order valence-electron chi connectivity index (χ2n) is 9.08. The van der Waals surface area contributed by atoms with Crippen LogP contribution in [0.2, 0.25) is 0 Å². The van der Waals surface area contributed by atoms with E-state index in [2.05, 4.69) is 0 Å². The molecule has 0 aromatic heterocycles. The zero-order chi connectivity index (χ0) is 19.6. The van der Waals surface area contributed by atoms with Gasteiger partial charge in [0.25, 0.3) is 0 Å². The zero-order valence-corrected chi connectivity index (χ0v) is 16.8. The monoisotopic (exact) mass is 355 g/mol. The number of likely N-dealkylation sites (tertiary alicyclic amines) is 1. The first kappa shape index (κ1) is 21.5. The van der Waals surface area contributed by atoms with Gasteiger partial charge in [-0.25, -0.2) is 4.79 Å². The first-order valence-corrected chi connectivity index (χ1v) is 8.86. The summed E-state index contributed by atoms with van der Waals surface area (Å²) in [5, 5.41) is 0. The van der Waals surface area contributed by atoms with Crippen LogP contribution in [0.15, 0.2) is 0 Å². The van der Waals surface area contributed by atoms with Crippen LogP contribution in [0.4, 0.5) is 0 Å². The Labute approximate surface area is 151 Å². The van der Waals surface area contributed by atoms with Crippen molar-refractivity contribution in [2.75, 3.05) is 13.7 Å². The number of amides is 1. The highest BCUT2D eigenvalue weighted by molar-refractivity contribution is 5.89. The molecule has 25 heavy (non-hydrogen) atoms. The van der Waals surface area contributed by atoms with Gasteiger partial charge >= 0.3 is 11.9 Å². The minimum atomic E-state index is -0.598. The minimum absolute atomic E-state index is 0.00161. The minimum Gasteiger partial charge on any atom is -0.467 e. The van der Waals surface area contributed by atoms with Crippen LogP contribution in [0.5, 0.6) is 0 Å². The summed E-state index contributed by atoms with van der Waals surface area (Å²) >= 11 is 0. The van der Waals surface area contributed by atoms with Gasteiger partial charge in [0.15, 0.2) is 0 Å². The maximum Gasteiger partial charge on any atom is 0.328 e. The normalized spacial score (nSPS) is 22.5. The fraction of sp³-hybridized carbons (Fsp3) is 0.842. The number of carbonyl (C=O) groups is 3. The Hall–Kier alpha value is -1.59. The molecule has 1 heterocycles. The molecule has 1 rings (SSSR count). The molecule has 6 nitrogen and oxygen atoms in total. The first-order valence-electron chi connectivity index (χ1n) is 8.86. The second-order valence-corrected chi connectivity index (χ2v) is 9.08. The lowest BCUT2D eigenvalue weighted by Crippen LogP contribution is -2.47. The molecule has 144 valence electrons. The van der Waals surface area contributed by atoms with Gasteiger partial charge in [-0.15, -0.1) is 0 Å². The standard InChI is InChI=1S/C19H33NO5/c1-12-9-14(17(23)24-8)20(11-12)16(22)13(18(2,3)4)10-15(21)25-19(5,6)7/h12-14H,9-11H2,1-8H3/t12-,13+,14-/m0/s1. The maximum atomic E-state index is 13.2. The second kappa shape index (κ2) is 7.75. The molecule has 1 fully saturated rings. The van der Waals surface area contributed by atoms with E-state index in [4.69, 9.17) is 9.47 Å². The molecule has 6 heteroatoms. The molecule has 1 aliphatic rings. The lowest BCUT2D eigenvalue weighted by Gasteiger charge is -2.34. The number of methoxy groups -OCH3 is 1. The van der Waals surface area contributed by atoms with E-state index in [-0.39, 0.29) is 18.2 Å². The van der Waals surface area contributed by atoms with Crippen molar-refractivity contribution in [2.45, 2.75) is 73.0 Å². The van der Waals surface area contributed by atoms with Crippen molar-refractivity contribution in [1.29, 1.82) is 0 Å². The molecule has 1 saturated heterocycles. The first-order chi connectivity index (χ1) is 11.3. The van der Waals surface area contributed by atoms with Crippen molar-refractivity contribution >= 4 is 17.8 Å². The van der Waals surface area contributed by atoms with Crippen molar-refractivity contribution in [3.8, 4) is 0 Å². The fourth-order valence-electron chi connectivity index (χ4n) is 3.16. The predicted octanol–water partition coefficient (Wildman–Crippen LogP) is 2.79. The Balaban J connectivity index is 3.01. The zero-order valence-electron chi connectivity index (χ0n) is 16.8. The van der Waals surface area contributed by atoms with E-state index in [1.54, 1.807) is 25.7 Å². The van der Waals surface area contributed by atoms with Crippen LogP contribution in [0, 0.1) is 17.3 Å². The summed E-state index contributed by atoms with van der Waals surface area (Å²) in [6, 6.07) is -0.573. The third-order valence-electron chi connectivity index (χ3n) is 4.40. The van der Waals surface area contributed by atoms with Gasteiger partial charge in [-0.3, -0.25) is 9.59 Å². The summed E-state index contributed by atoms with van der Waals surface area (Å²) in [4.78, 5) is 39.1. The van der Waals surface area contributed by atoms with Crippen LogP contribution in [-0.2, 0) is 23.9 Å². The average molecular weight is 355 g/mol.